The van der Waals surface area contributed by atoms with Gasteiger partial charge in [-0.25, -0.2) is 9.48 Å². The molecule has 1 fully saturated rings. The molecule has 0 bridgehead atoms. The summed E-state index contributed by atoms with van der Waals surface area (Å²) in [6, 6.07) is 6.80. The number of aromatic amines is 1. The van der Waals surface area contributed by atoms with Crippen molar-refractivity contribution in [2.24, 2.45) is 0 Å². The first-order valence-electron chi connectivity index (χ1n) is 14.1. The van der Waals surface area contributed by atoms with Crippen LogP contribution in [0.25, 0.3) is 0 Å². The number of aliphatic hydroxyl groups is 1. The Hall–Kier alpha value is -3.68. The van der Waals surface area contributed by atoms with Gasteiger partial charge in [0.05, 0.1) is 33.8 Å². The fraction of sp³-hybridized carbons (Fsp3) is 0.586. The molecule has 0 radical (unpaired) electrons. The number of benzene rings is 1. The first kappa shape index (κ1) is 32.8. The summed E-state index contributed by atoms with van der Waals surface area (Å²) in [6.07, 6.45) is 0.522. The van der Waals surface area contributed by atoms with E-state index in [1.807, 2.05) is 6.07 Å². The molecule has 42 heavy (non-hydrogen) atoms. The van der Waals surface area contributed by atoms with Gasteiger partial charge in [0.15, 0.2) is 6.10 Å². The van der Waals surface area contributed by atoms with E-state index in [9.17, 15) is 29.4 Å². The predicted molar refractivity (Wildman–Crippen MR) is 152 cm³/mol. The maximum Gasteiger partial charge on any atom is 0.333 e. The van der Waals surface area contributed by atoms with Gasteiger partial charge in [-0.1, -0.05) is 12.1 Å². The summed E-state index contributed by atoms with van der Waals surface area (Å²) in [5.41, 5.74) is 1.19. The van der Waals surface area contributed by atoms with E-state index in [0.29, 0.717) is 37.2 Å². The average molecular weight is 592 g/mol. The molecule has 13 heteroatoms. The highest BCUT2D eigenvalue weighted by molar-refractivity contribution is 5.75. The second kappa shape index (κ2) is 15.0. The van der Waals surface area contributed by atoms with Crippen molar-refractivity contribution in [1.82, 2.24) is 14.7 Å². The second-order valence-electron chi connectivity index (χ2n) is 11.6. The topological polar surface area (TPSA) is 160 Å². The molecule has 1 aromatic heterocycles. The smallest absolute Gasteiger partial charge is 0.333 e. The summed E-state index contributed by atoms with van der Waals surface area (Å²) in [7, 11) is 6.28. The van der Waals surface area contributed by atoms with Crippen LogP contribution in [0, 0.1) is 0 Å². The number of carboxylic acids is 1. The molecule has 3 unspecified atom stereocenters. The quantitative estimate of drug-likeness (QED) is 0.204. The monoisotopic (exact) mass is 591 g/mol. The molecule has 2 heterocycles. The molecule has 1 aliphatic rings. The number of aliphatic carboxylic acids is 1. The van der Waals surface area contributed by atoms with Crippen molar-refractivity contribution in [3.05, 3.63) is 51.9 Å². The van der Waals surface area contributed by atoms with Crippen molar-refractivity contribution < 1.29 is 43.3 Å². The normalized spacial score (nSPS) is 18.8. The lowest BCUT2D eigenvalue weighted by atomic mass is 10.0. The zero-order chi connectivity index (χ0) is 30.9. The van der Waals surface area contributed by atoms with E-state index in [-0.39, 0.29) is 37.5 Å². The van der Waals surface area contributed by atoms with Crippen LogP contribution in [-0.2, 0) is 43.4 Å². The molecule has 0 spiro atoms. The van der Waals surface area contributed by atoms with Crippen molar-refractivity contribution in [3.8, 4) is 5.75 Å². The highest BCUT2D eigenvalue weighted by Crippen LogP contribution is 2.28. The predicted octanol–water partition coefficient (Wildman–Crippen LogP) is 1.13. The molecule has 3 N–H and O–H groups in total. The number of carbonyl (C=O) groups excluding carboxylic acids is 2. The number of nitrogens with one attached hydrogen (secondary N) is 1. The van der Waals surface area contributed by atoms with E-state index in [0.717, 1.165) is 23.0 Å². The van der Waals surface area contributed by atoms with Gasteiger partial charge in [-0.05, 0) is 24.5 Å². The molecule has 13 nitrogen and oxygen atoms in total. The van der Waals surface area contributed by atoms with Crippen molar-refractivity contribution in [3.63, 3.8) is 0 Å². The Balaban J connectivity index is 1.70. The number of aromatic nitrogens is 2. The van der Waals surface area contributed by atoms with Crippen molar-refractivity contribution in [1.29, 1.82) is 0 Å². The number of carbonyl (C=O) groups is 3. The van der Waals surface area contributed by atoms with Crippen LogP contribution >= 0.6 is 0 Å². The van der Waals surface area contributed by atoms with Crippen LogP contribution < -0.4 is 10.3 Å². The third kappa shape index (κ3) is 10.6. The van der Waals surface area contributed by atoms with Gasteiger partial charge in [0, 0.05) is 57.1 Å². The number of carboxylic acid groups (broad SMARTS) is 1. The van der Waals surface area contributed by atoms with Gasteiger partial charge in [-0.15, -0.1) is 0 Å². The Kier molecular flexibility index (Phi) is 11.7. The van der Waals surface area contributed by atoms with Crippen LogP contribution in [0.4, 0.5) is 0 Å². The lowest BCUT2D eigenvalue weighted by molar-refractivity contribution is -0.870. The maximum atomic E-state index is 13.1. The van der Waals surface area contributed by atoms with E-state index in [1.165, 1.54) is 23.9 Å². The van der Waals surface area contributed by atoms with Crippen LogP contribution in [0.15, 0.2) is 35.3 Å². The number of aliphatic hydroxyl groups excluding tert-OH is 1. The van der Waals surface area contributed by atoms with Gasteiger partial charge in [0.2, 0.25) is 12.2 Å². The van der Waals surface area contributed by atoms with E-state index in [1.54, 1.807) is 17.0 Å². The van der Waals surface area contributed by atoms with E-state index < -0.39 is 30.4 Å². The largest absolute Gasteiger partial charge is 0.479 e. The average Bonchev–Trinajstić information content (AvgIpc) is 3.30. The highest BCUT2D eigenvalue weighted by atomic mass is 16.7. The minimum absolute atomic E-state index is 0.0297. The molecule has 1 aliphatic heterocycles. The van der Waals surface area contributed by atoms with Gasteiger partial charge in [0.1, 0.15) is 18.9 Å². The third-order valence-corrected chi connectivity index (χ3v) is 6.88. The number of esters is 1. The molecule has 1 aromatic carbocycles. The van der Waals surface area contributed by atoms with Gasteiger partial charge in [-0.2, -0.15) is 0 Å². The van der Waals surface area contributed by atoms with Crippen molar-refractivity contribution in [2.75, 3.05) is 40.8 Å². The molecular formula is C29H43N4O9+. The minimum Gasteiger partial charge on any atom is -0.479 e. The minimum atomic E-state index is -1.19. The van der Waals surface area contributed by atoms with Crippen LogP contribution in [0.5, 0.6) is 5.75 Å². The van der Waals surface area contributed by atoms with Gasteiger partial charge < -0.3 is 38.9 Å². The van der Waals surface area contributed by atoms with Crippen LogP contribution in [-0.4, -0.2) is 106 Å². The number of aryl methyl sites for hydroxylation is 1. The van der Waals surface area contributed by atoms with Gasteiger partial charge in [-0.3, -0.25) is 14.4 Å². The van der Waals surface area contributed by atoms with Gasteiger partial charge >= 0.3 is 11.9 Å². The molecule has 1 saturated heterocycles. The molecular weight excluding hydrogens is 548 g/mol. The number of hydrogen-bond acceptors (Lipinski definition) is 8. The first-order chi connectivity index (χ1) is 19.8. The number of ether oxygens (including phenoxy) is 3. The van der Waals surface area contributed by atoms with Gasteiger partial charge in [0.25, 0.3) is 5.56 Å². The lowest BCUT2D eigenvalue weighted by Gasteiger charge is -2.31. The number of rotatable bonds is 15. The maximum absolute atomic E-state index is 13.1. The molecule has 0 saturated carbocycles. The SMILES string of the molecule is CC(=O)OCc1ccc(CCCN(CCC[N+](C)(C)C)C(=O)Cn2[nH]ccc2=O)cc1OC1CC(O)CC(C(=O)O)O1. The zero-order valence-corrected chi connectivity index (χ0v) is 24.8. The molecule has 0 aliphatic carbocycles. The number of amides is 1. The van der Waals surface area contributed by atoms with E-state index in [4.69, 9.17) is 14.2 Å². The van der Waals surface area contributed by atoms with Crippen LogP contribution in [0.3, 0.4) is 0 Å². The number of nitrogens with zero attached hydrogens (tertiary/aromatic N) is 3. The van der Waals surface area contributed by atoms with Crippen molar-refractivity contribution in [2.45, 2.75) is 70.7 Å². The van der Waals surface area contributed by atoms with Crippen molar-refractivity contribution >= 4 is 17.8 Å². The molecule has 3 rings (SSSR count). The summed E-state index contributed by atoms with van der Waals surface area (Å²) >= 11 is 0. The van der Waals surface area contributed by atoms with Crippen LogP contribution in [0.1, 0.15) is 43.7 Å². The Morgan fingerprint density at radius 1 is 1.14 bits per heavy atom. The summed E-state index contributed by atoms with van der Waals surface area (Å²) in [5, 5.41) is 22.3. The molecule has 232 valence electrons. The molecule has 2 aromatic rings. The fourth-order valence-corrected chi connectivity index (χ4v) is 4.68. The Morgan fingerprint density at radius 3 is 2.52 bits per heavy atom. The summed E-state index contributed by atoms with van der Waals surface area (Å²) in [6.45, 7) is 3.11. The first-order valence-corrected chi connectivity index (χ1v) is 14.1. The third-order valence-electron chi connectivity index (χ3n) is 6.88. The molecule has 3 atom stereocenters. The number of H-pyrrole nitrogens is 1. The highest BCUT2D eigenvalue weighted by Gasteiger charge is 2.34. The molecule has 1 amide bonds. The summed E-state index contributed by atoms with van der Waals surface area (Å²) < 4.78 is 18.7. The van der Waals surface area contributed by atoms with E-state index in [2.05, 4.69) is 26.2 Å². The Morgan fingerprint density at radius 2 is 1.88 bits per heavy atom. The second-order valence-corrected chi connectivity index (χ2v) is 11.6. The Labute approximate surface area is 245 Å². The number of hydrogen-bond donors (Lipinski definition) is 3. The number of quaternary nitrogens is 1. The summed E-state index contributed by atoms with van der Waals surface area (Å²) in [5.74, 6) is -1.43. The van der Waals surface area contributed by atoms with E-state index >= 15 is 0 Å². The Bertz CT molecular complexity index is 1270. The fourth-order valence-electron chi connectivity index (χ4n) is 4.68. The lowest BCUT2D eigenvalue weighted by Crippen LogP contribution is -2.42. The standard InChI is InChI=1S/C29H42N4O9/c1-20(34)40-19-22-9-8-21(15-24(22)41-28-17-23(35)16-25(42-28)29(38)39)7-5-12-31(13-6-14-33(2,3)4)27(37)18-32-26(36)10-11-30-32/h8-11,15,23,25,28,35H,5-7,12-14,16-19H2,1-4H3,(H-,30,36,38,39)/p+1. The summed E-state index contributed by atoms with van der Waals surface area (Å²) in [4.78, 5) is 49.7. The zero-order valence-electron chi connectivity index (χ0n) is 24.8. The van der Waals surface area contributed by atoms with Crippen LogP contribution in [0.2, 0.25) is 0 Å².